The van der Waals surface area contributed by atoms with E-state index in [1.807, 2.05) is 6.92 Å². The van der Waals surface area contributed by atoms with Gasteiger partial charge in [-0.2, -0.15) is 0 Å². The first-order chi connectivity index (χ1) is 7.24. The average molecular weight is 209 g/mol. The normalized spacial score (nSPS) is 25.4. The van der Waals surface area contributed by atoms with Gasteiger partial charge in [-0.3, -0.25) is 4.79 Å². The Labute approximate surface area is 91.3 Å². The Kier molecular flexibility index (Phi) is 5.20. The van der Waals surface area contributed by atoms with Crippen LogP contribution in [0.2, 0.25) is 0 Å². The van der Waals surface area contributed by atoms with Crippen molar-refractivity contribution in [2.75, 3.05) is 6.54 Å². The van der Waals surface area contributed by atoms with Crippen LogP contribution >= 0.6 is 0 Å². The zero-order chi connectivity index (χ0) is 11.1. The molecule has 0 bridgehead atoms. The Bertz CT molecular complexity index is 257. The molecule has 1 aliphatic carbocycles. The second kappa shape index (κ2) is 6.47. The number of hydrogen-bond acceptors (Lipinski definition) is 2. The van der Waals surface area contributed by atoms with Crippen LogP contribution in [0.25, 0.3) is 0 Å². The lowest BCUT2D eigenvalue weighted by Crippen LogP contribution is -2.35. The van der Waals surface area contributed by atoms with Crippen LogP contribution in [0, 0.1) is 17.8 Å². The highest BCUT2D eigenvalue weighted by Gasteiger charge is 2.25. The highest BCUT2D eigenvalue weighted by Crippen LogP contribution is 2.24. The first kappa shape index (κ1) is 12.1. The summed E-state index contributed by atoms with van der Waals surface area (Å²) in [6, 6.07) is 0.499. The van der Waals surface area contributed by atoms with Gasteiger partial charge in [-0.05, 0) is 32.6 Å². The number of rotatable bonds is 4. The Balaban J connectivity index is 2.13. The standard InChI is InChI=1S/C12H19NO2/c1-2-3-4-9-13-11-7-5-10(6-8-11)12(14)15/h10-11,13H,4-9H2,1H3,(H,14,15). The molecule has 1 aliphatic rings. The molecule has 0 aromatic rings. The third kappa shape index (κ3) is 4.35. The molecule has 0 radical (unpaired) electrons. The highest BCUT2D eigenvalue weighted by molar-refractivity contribution is 5.70. The minimum absolute atomic E-state index is 0.113. The van der Waals surface area contributed by atoms with Gasteiger partial charge in [-0.1, -0.05) is 0 Å². The molecule has 0 aromatic heterocycles. The fourth-order valence-corrected chi connectivity index (χ4v) is 2.01. The van der Waals surface area contributed by atoms with E-state index in [0.29, 0.717) is 6.04 Å². The van der Waals surface area contributed by atoms with E-state index in [-0.39, 0.29) is 5.92 Å². The van der Waals surface area contributed by atoms with Crippen LogP contribution in [0.15, 0.2) is 0 Å². The fourth-order valence-electron chi connectivity index (χ4n) is 2.01. The molecule has 1 rings (SSSR count). The van der Waals surface area contributed by atoms with E-state index in [0.717, 1.165) is 38.6 Å². The van der Waals surface area contributed by atoms with Crippen LogP contribution in [-0.2, 0) is 4.79 Å². The van der Waals surface area contributed by atoms with E-state index in [1.165, 1.54) is 0 Å². The highest BCUT2D eigenvalue weighted by atomic mass is 16.4. The van der Waals surface area contributed by atoms with Crippen molar-refractivity contribution in [3.05, 3.63) is 0 Å². The van der Waals surface area contributed by atoms with E-state index >= 15 is 0 Å². The molecule has 0 amide bonds. The van der Waals surface area contributed by atoms with E-state index < -0.39 is 5.97 Å². The van der Waals surface area contributed by atoms with Gasteiger partial charge in [0.25, 0.3) is 0 Å². The zero-order valence-corrected chi connectivity index (χ0v) is 9.25. The maximum absolute atomic E-state index is 10.7. The quantitative estimate of drug-likeness (QED) is 0.546. The molecule has 0 aliphatic heterocycles. The van der Waals surface area contributed by atoms with Crippen molar-refractivity contribution < 1.29 is 9.90 Å². The Morgan fingerprint density at radius 2 is 2.07 bits per heavy atom. The summed E-state index contributed by atoms with van der Waals surface area (Å²) in [4.78, 5) is 10.7. The van der Waals surface area contributed by atoms with Crippen molar-refractivity contribution in [3.63, 3.8) is 0 Å². The number of carboxylic acids is 1. The molecule has 0 heterocycles. The topological polar surface area (TPSA) is 49.3 Å². The summed E-state index contributed by atoms with van der Waals surface area (Å²) in [5.74, 6) is 5.12. The molecule has 3 heteroatoms. The third-order valence-electron chi connectivity index (χ3n) is 2.94. The van der Waals surface area contributed by atoms with Crippen LogP contribution in [0.4, 0.5) is 0 Å². The van der Waals surface area contributed by atoms with Crippen LogP contribution in [-0.4, -0.2) is 23.7 Å². The van der Waals surface area contributed by atoms with Crippen molar-refractivity contribution in [1.82, 2.24) is 5.32 Å². The molecule has 3 nitrogen and oxygen atoms in total. The summed E-state index contributed by atoms with van der Waals surface area (Å²) in [6.07, 6.45) is 4.47. The SMILES string of the molecule is CC#CCCNC1CCC(C(=O)O)CC1. The van der Waals surface area contributed by atoms with Gasteiger partial charge in [0.05, 0.1) is 5.92 Å². The monoisotopic (exact) mass is 209 g/mol. The third-order valence-corrected chi connectivity index (χ3v) is 2.94. The Hall–Kier alpha value is -1.01. The fraction of sp³-hybridized carbons (Fsp3) is 0.750. The molecule has 1 saturated carbocycles. The molecule has 1 fully saturated rings. The molecule has 2 N–H and O–H groups in total. The first-order valence-corrected chi connectivity index (χ1v) is 5.60. The number of nitrogens with one attached hydrogen (secondary N) is 1. The second-order valence-electron chi connectivity index (χ2n) is 4.02. The van der Waals surface area contributed by atoms with Crippen LogP contribution < -0.4 is 5.32 Å². The van der Waals surface area contributed by atoms with E-state index in [2.05, 4.69) is 17.2 Å². The zero-order valence-electron chi connectivity index (χ0n) is 9.25. The van der Waals surface area contributed by atoms with Crippen LogP contribution in [0.3, 0.4) is 0 Å². The van der Waals surface area contributed by atoms with Crippen molar-refractivity contribution in [2.24, 2.45) is 5.92 Å². The number of aliphatic carboxylic acids is 1. The van der Waals surface area contributed by atoms with Gasteiger partial charge >= 0.3 is 5.97 Å². The average Bonchev–Trinajstić information content (AvgIpc) is 2.25. The minimum Gasteiger partial charge on any atom is -0.481 e. The van der Waals surface area contributed by atoms with Crippen LogP contribution in [0.1, 0.15) is 39.0 Å². The maximum atomic E-state index is 10.7. The van der Waals surface area contributed by atoms with Gasteiger partial charge in [-0.25, -0.2) is 0 Å². The van der Waals surface area contributed by atoms with Gasteiger partial charge in [0.1, 0.15) is 0 Å². The summed E-state index contributed by atoms with van der Waals surface area (Å²) >= 11 is 0. The predicted molar refractivity (Wildman–Crippen MR) is 59.5 cm³/mol. The molecule has 15 heavy (non-hydrogen) atoms. The molecule has 0 saturated heterocycles. The number of carboxylic acid groups (broad SMARTS) is 1. The predicted octanol–water partition coefficient (Wildman–Crippen LogP) is 1.63. The number of hydrogen-bond donors (Lipinski definition) is 2. The molecular formula is C12H19NO2. The molecule has 0 atom stereocenters. The van der Waals surface area contributed by atoms with Gasteiger partial charge in [0.15, 0.2) is 0 Å². The largest absolute Gasteiger partial charge is 0.481 e. The molecule has 0 aromatic carbocycles. The first-order valence-electron chi connectivity index (χ1n) is 5.60. The van der Waals surface area contributed by atoms with Gasteiger partial charge in [0.2, 0.25) is 0 Å². The summed E-state index contributed by atoms with van der Waals surface area (Å²) in [5, 5.41) is 12.3. The Morgan fingerprint density at radius 1 is 1.40 bits per heavy atom. The summed E-state index contributed by atoms with van der Waals surface area (Å²) in [6.45, 7) is 2.77. The number of carbonyl (C=O) groups is 1. The maximum Gasteiger partial charge on any atom is 0.306 e. The van der Waals surface area contributed by atoms with Crippen molar-refractivity contribution in [1.29, 1.82) is 0 Å². The smallest absolute Gasteiger partial charge is 0.306 e. The summed E-state index contributed by atoms with van der Waals surface area (Å²) in [5.41, 5.74) is 0. The van der Waals surface area contributed by atoms with Crippen LogP contribution in [0.5, 0.6) is 0 Å². The van der Waals surface area contributed by atoms with E-state index in [9.17, 15) is 4.79 Å². The lowest BCUT2D eigenvalue weighted by Gasteiger charge is -2.26. The Morgan fingerprint density at radius 3 is 2.60 bits per heavy atom. The molecule has 0 spiro atoms. The van der Waals surface area contributed by atoms with Crippen molar-refractivity contribution >= 4 is 5.97 Å². The van der Waals surface area contributed by atoms with Crippen molar-refractivity contribution in [2.45, 2.75) is 45.1 Å². The molecule has 0 unspecified atom stereocenters. The van der Waals surface area contributed by atoms with Gasteiger partial charge in [0, 0.05) is 19.0 Å². The summed E-state index contributed by atoms with van der Waals surface area (Å²) < 4.78 is 0. The second-order valence-corrected chi connectivity index (χ2v) is 4.02. The van der Waals surface area contributed by atoms with Crippen molar-refractivity contribution in [3.8, 4) is 11.8 Å². The summed E-state index contributed by atoms with van der Waals surface area (Å²) in [7, 11) is 0. The minimum atomic E-state index is -0.634. The van der Waals surface area contributed by atoms with Gasteiger partial charge < -0.3 is 10.4 Å². The van der Waals surface area contributed by atoms with E-state index in [4.69, 9.17) is 5.11 Å². The molecular weight excluding hydrogens is 190 g/mol. The van der Waals surface area contributed by atoms with Gasteiger partial charge in [-0.15, -0.1) is 11.8 Å². The molecule has 84 valence electrons. The van der Waals surface area contributed by atoms with E-state index in [1.54, 1.807) is 0 Å². The lowest BCUT2D eigenvalue weighted by molar-refractivity contribution is -0.142. The lowest BCUT2D eigenvalue weighted by atomic mass is 9.86.